The Morgan fingerprint density at radius 3 is 2.57 bits per heavy atom. The number of nitrogens with zero attached hydrogens (tertiary/aromatic N) is 2. The summed E-state index contributed by atoms with van der Waals surface area (Å²) in [5, 5.41) is 0. The Labute approximate surface area is 141 Å². The van der Waals surface area contributed by atoms with Gasteiger partial charge in [-0.05, 0) is 75.3 Å². The van der Waals surface area contributed by atoms with E-state index in [1.807, 2.05) is 0 Å². The van der Waals surface area contributed by atoms with Gasteiger partial charge < -0.3 is 10.6 Å². The first kappa shape index (κ1) is 16.9. The van der Waals surface area contributed by atoms with Gasteiger partial charge in [-0.3, -0.25) is 4.90 Å². The highest BCUT2D eigenvalue weighted by Gasteiger charge is 2.22. The van der Waals surface area contributed by atoms with Crippen LogP contribution in [0.1, 0.15) is 43.2 Å². The normalized spacial score (nSPS) is 24.0. The Bertz CT molecular complexity index is 468. The molecular weight excluding hydrogens is 282 g/mol. The molecule has 2 aliphatic rings. The predicted octanol–water partition coefficient (Wildman–Crippen LogP) is 2.89. The SMILES string of the molecule is NCCc1cccc(CN2CCCC(CN3CCCCC3)C2)c1. The number of benzene rings is 1. The van der Waals surface area contributed by atoms with Crippen LogP contribution in [0.2, 0.25) is 0 Å². The molecule has 2 fully saturated rings. The minimum atomic E-state index is 0.741. The van der Waals surface area contributed by atoms with Crippen molar-refractivity contribution >= 4 is 0 Å². The number of hydrogen-bond donors (Lipinski definition) is 1. The molecule has 2 saturated heterocycles. The van der Waals surface area contributed by atoms with Crippen LogP contribution in [0.4, 0.5) is 0 Å². The molecule has 3 nitrogen and oxygen atoms in total. The lowest BCUT2D eigenvalue weighted by Gasteiger charge is -2.37. The second-order valence-corrected chi connectivity index (χ2v) is 7.46. The van der Waals surface area contributed by atoms with Gasteiger partial charge in [-0.1, -0.05) is 30.7 Å². The Kier molecular flexibility index (Phi) is 6.49. The van der Waals surface area contributed by atoms with Gasteiger partial charge in [-0.2, -0.15) is 0 Å². The number of likely N-dealkylation sites (tertiary alicyclic amines) is 2. The molecule has 1 unspecified atom stereocenters. The summed E-state index contributed by atoms with van der Waals surface area (Å²) < 4.78 is 0. The van der Waals surface area contributed by atoms with Crippen molar-refractivity contribution < 1.29 is 0 Å². The molecule has 3 rings (SSSR count). The summed E-state index contributed by atoms with van der Waals surface area (Å²) in [7, 11) is 0. The van der Waals surface area contributed by atoms with Crippen LogP contribution < -0.4 is 5.73 Å². The monoisotopic (exact) mass is 315 g/mol. The third-order valence-corrected chi connectivity index (χ3v) is 5.40. The van der Waals surface area contributed by atoms with Crippen LogP contribution in [0, 0.1) is 5.92 Å². The Morgan fingerprint density at radius 2 is 1.74 bits per heavy atom. The summed E-state index contributed by atoms with van der Waals surface area (Å²) in [6.07, 6.45) is 8.02. The summed E-state index contributed by atoms with van der Waals surface area (Å²) in [5.41, 5.74) is 8.52. The highest BCUT2D eigenvalue weighted by Crippen LogP contribution is 2.21. The Morgan fingerprint density at radius 1 is 0.957 bits per heavy atom. The molecule has 1 aromatic carbocycles. The average Bonchev–Trinajstić information content (AvgIpc) is 2.57. The van der Waals surface area contributed by atoms with Gasteiger partial charge in [0.15, 0.2) is 0 Å². The summed E-state index contributed by atoms with van der Waals surface area (Å²) in [4.78, 5) is 5.37. The van der Waals surface area contributed by atoms with E-state index in [0.29, 0.717) is 0 Å². The zero-order chi connectivity index (χ0) is 15.9. The van der Waals surface area contributed by atoms with Crippen LogP contribution in [0.5, 0.6) is 0 Å². The van der Waals surface area contributed by atoms with E-state index >= 15 is 0 Å². The molecular formula is C20H33N3. The predicted molar refractivity (Wildman–Crippen MR) is 97.5 cm³/mol. The maximum absolute atomic E-state index is 5.69. The molecule has 0 saturated carbocycles. The van der Waals surface area contributed by atoms with Crippen LogP contribution in [-0.4, -0.2) is 49.1 Å². The molecule has 0 spiro atoms. The molecule has 2 aliphatic heterocycles. The van der Waals surface area contributed by atoms with Crippen molar-refractivity contribution in [2.75, 3.05) is 39.3 Å². The molecule has 3 heteroatoms. The third-order valence-electron chi connectivity index (χ3n) is 5.40. The minimum Gasteiger partial charge on any atom is -0.330 e. The molecule has 2 heterocycles. The van der Waals surface area contributed by atoms with Crippen LogP contribution in [0.15, 0.2) is 24.3 Å². The fourth-order valence-corrected chi connectivity index (χ4v) is 4.26. The van der Waals surface area contributed by atoms with Crippen molar-refractivity contribution in [3.63, 3.8) is 0 Å². The topological polar surface area (TPSA) is 32.5 Å². The van der Waals surface area contributed by atoms with Gasteiger partial charge in [-0.25, -0.2) is 0 Å². The smallest absolute Gasteiger partial charge is 0.0233 e. The fraction of sp³-hybridized carbons (Fsp3) is 0.700. The van der Waals surface area contributed by atoms with Gasteiger partial charge in [0, 0.05) is 19.6 Å². The van der Waals surface area contributed by atoms with Gasteiger partial charge in [0.05, 0.1) is 0 Å². The van der Waals surface area contributed by atoms with Crippen LogP contribution in [0.3, 0.4) is 0 Å². The van der Waals surface area contributed by atoms with Crippen molar-refractivity contribution in [2.24, 2.45) is 11.7 Å². The Hall–Kier alpha value is -0.900. The molecule has 0 aromatic heterocycles. The number of rotatable bonds is 6. The second kappa shape index (κ2) is 8.81. The van der Waals surface area contributed by atoms with Gasteiger partial charge in [0.2, 0.25) is 0 Å². The number of piperidine rings is 2. The third kappa shape index (κ3) is 5.30. The second-order valence-electron chi connectivity index (χ2n) is 7.46. The summed E-state index contributed by atoms with van der Waals surface area (Å²) in [6, 6.07) is 9.01. The van der Waals surface area contributed by atoms with E-state index in [2.05, 4.69) is 34.1 Å². The van der Waals surface area contributed by atoms with Crippen molar-refractivity contribution in [1.82, 2.24) is 9.80 Å². The first-order valence-electron chi connectivity index (χ1n) is 9.56. The van der Waals surface area contributed by atoms with E-state index in [4.69, 9.17) is 5.73 Å². The van der Waals surface area contributed by atoms with Crippen molar-refractivity contribution in [3.8, 4) is 0 Å². The van der Waals surface area contributed by atoms with E-state index in [1.54, 1.807) is 0 Å². The summed E-state index contributed by atoms with van der Waals surface area (Å²) in [5.74, 6) is 0.870. The van der Waals surface area contributed by atoms with E-state index in [1.165, 1.54) is 76.0 Å². The first-order valence-corrected chi connectivity index (χ1v) is 9.56. The van der Waals surface area contributed by atoms with E-state index in [9.17, 15) is 0 Å². The molecule has 2 N–H and O–H groups in total. The van der Waals surface area contributed by atoms with Crippen molar-refractivity contribution in [3.05, 3.63) is 35.4 Å². The quantitative estimate of drug-likeness (QED) is 0.876. The van der Waals surface area contributed by atoms with Gasteiger partial charge >= 0.3 is 0 Å². The summed E-state index contributed by atoms with van der Waals surface area (Å²) in [6.45, 7) is 8.37. The first-order chi connectivity index (χ1) is 11.3. The highest BCUT2D eigenvalue weighted by molar-refractivity contribution is 5.23. The van der Waals surface area contributed by atoms with Crippen LogP contribution in [-0.2, 0) is 13.0 Å². The van der Waals surface area contributed by atoms with Gasteiger partial charge in [0.25, 0.3) is 0 Å². The molecule has 0 bridgehead atoms. The number of hydrogen-bond acceptors (Lipinski definition) is 3. The molecule has 23 heavy (non-hydrogen) atoms. The van der Waals surface area contributed by atoms with Crippen LogP contribution in [0.25, 0.3) is 0 Å². The average molecular weight is 316 g/mol. The molecule has 0 aliphatic carbocycles. The molecule has 0 amide bonds. The van der Waals surface area contributed by atoms with Crippen molar-refractivity contribution in [1.29, 1.82) is 0 Å². The van der Waals surface area contributed by atoms with E-state index < -0.39 is 0 Å². The maximum Gasteiger partial charge on any atom is 0.0233 e. The zero-order valence-corrected chi connectivity index (χ0v) is 14.6. The number of nitrogens with two attached hydrogens (primary N) is 1. The highest BCUT2D eigenvalue weighted by atomic mass is 15.2. The molecule has 0 radical (unpaired) electrons. The summed E-state index contributed by atoms with van der Waals surface area (Å²) >= 11 is 0. The standard InChI is InChI=1S/C20H33N3/c21-10-9-18-6-4-7-19(14-18)15-23-13-5-8-20(17-23)16-22-11-2-1-3-12-22/h4,6-7,14,20H,1-3,5,8-13,15-17,21H2. The Balaban J connectivity index is 1.50. The van der Waals surface area contributed by atoms with Crippen molar-refractivity contribution in [2.45, 2.75) is 45.1 Å². The maximum atomic E-state index is 5.69. The fourth-order valence-electron chi connectivity index (χ4n) is 4.26. The zero-order valence-electron chi connectivity index (χ0n) is 14.6. The lowest BCUT2D eigenvalue weighted by Crippen LogP contribution is -2.42. The lowest BCUT2D eigenvalue weighted by molar-refractivity contribution is 0.118. The molecule has 1 atom stereocenters. The van der Waals surface area contributed by atoms with E-state index in [-0.39, 0.29) is 0 Å². The van der Waals surface area contributed by atoms with Gasteiger partial charge in [0.1, 0.15) is 0 Å². The van der Waals surface area contributed by atoms with E-state index in [0.717, 1.165) is 25.4 Å². The molecule has 1 aromatic rings. The lowest BCUT2D eigenvalue weighted by atomic mass is 9.96. The van der Waals surface area contributed by atoms with Gasteiger partial charge in [-0.15, -0.1) is 0 Å². The largest absolute Gasteiger partial charge is 0.330 e. The minimum absolute atomic E-state index is 0.741. The molecule has 128 valence electrons. The van der Waals surface area contributed by atoms with Crippen LogP contribution >= 0.6 is 0 Å².